The molecule has 0 amide bonds. The molecule has 0 fully saturated rings. The second kappa shape index (κ2) is 13.3. The van der Waals surface area contributed by atoms with E-state index in [0.717, 1.165) is 66.3 Å². The number of aromatic nitrogens is 3. The van der Waals surface area contributed by atoms with E-state index in [1.165, 1.54) is 25.9 Å². The Bertz CT molecular complexity index is 3260. The molecule has 0 aliphatic heterocycles. The number of furan rings is 1. The van der Waals surface area contributed by atoms with E-state index < -0.39 is 0 Å². The van der Waals surface area contributed by atoms with Crippen molar-refractivity contribution in [2.24, 2.45) is 0 Å². The van der Waals surface area contributed by atoms with Gasteiger partial charge in [-0.1, -0.05) is 170 Å². The summed E-state index contributed by atoms with van der Waals surface area (Å²) < 4.78 is 8.89. The summed E-state index contributed by atoms with van der Waals surface area (Å²) in [7, 11) is 0. The Morgan fingerprint density at radius 3 is 1.71 bits per heavy atom. The topological polar surface area (TPSA) is 51.8 Å². The van der Waals surface area contributed by atoms with Gasteiger partial charge in [0.05, 0.1) is 0 Å². The lowest BCUT2D eigenvalue weighted by Crippen LogP contribution is -2.01. The SMILES string of the molecule is c1ccc(-c2nc(-c3ccccc3-c3cccc(-c4cccc5c4oc4ccccc45)c3)nc(-c3cccc4sc5c(-c6ccccc6)cccc5c34)n2)cc1. The minimum Gasteiger partial charge on any atom is -0.455 e. The lowest BCUT2D eigenvalue weighted by molar-refractivity contribution is 0.670. The molecule has 8 aromatic carbocycles. The monoisotopic (exact) mass is 733 g/mol. The third-order valence-electron chi connectivity index (χ3n) is 10.6. The highest BCUT2D eigenvalue weighted by Crippen LogP contribution is 2.44. The first-order chi connectivity index (χ1) is 27.8. The quantitative estimate of drug-likeness (QED) is 0.171. The van der Waals surface area contributed by atoms with Crippen molar-refractivity contribution in [3.05, 3.63) is 188 Å². The molecule has 0 unspecified atom stereocenters. The molecule has 0 spiro atoms. The van der Waals surface area contributed by atoms with Crippen LogP contribution in [0.2, 0.25) is 0 Å². The van der Waals surface area contributed by atoms with Crippen LogP contribution in [0, 0.1) is 0 Å². The minimum absolute atomic E-state index is 0.621. The first-order valence-corrected chi connectivity index (χ1v) is 19.5. The van der Waals surface area contributed by atoms with Crippen LogP contribution in [0.15, 0.2) is 192 Å². The summed E-state index contributed by atoms with van der Waals surface area (Å²) in [6, 6.07) is 65.5. The van der Waals surface area contributed by atoms with Gasteiger partial charge in [0, 0.05) is 53.2 Å². The van der Waals surface area contributed by atoms with E-state index >= 15 is 0 Å². The molecular formula is C51H31N3OS. The number of fused-ring (bicyclic) bond motifs is 6. The number of benzene rings is 8. The fourth-order valence-corrected chi connectivity index (χ4v) is 9.24. The zero-order valence-electron chi connectivity index (χ0n) is 30.1. The van der Waals surface area contributed by atoms with Gasteiger partial charge in [0.25, 0.3) is 0 Å². The predicted molar refractivity (Wildman–Crippen MR) is 233 cm³/mol. The van der Waals surface area contributed by atoms with E-state index in [0.29, 0.717) is 17.5 Å². The van der Waals surface area contributed by atoms with Gasteiger partial charge in [-0.3, -0.25) is 0 Å². The first-order valence-electron chi connectivity index (χ1n) is 18.7. The molecule has 0 atom stereocenters. The Morgan fingerprint density at radius 2 is 0.893 bits per heavy atom. The van der Waals surface area contributed by atoms with Gasteiger partial charge in [0.15, 0.2) is 17.5 Å². The third kappa shape index (κ3) is 5.40. The fourth-order valence-electron chi connectivity index (χ4n) is 7.97. The predicted octanol–water partition coefficient (Wildman–Crippen LogP) is 14.1. The maximum absolute atomic E-state index is 6.44. The first kappa shape index (κ1) is 32.2. The average Bonchev–Trinajstić information content (AvgIpc) is 3.86. The molecule has 0 N–H and O–H groups in total. The van der Waals surface area contributed by atoms with Gasteiger partial charge in [0.2, 0.25) is 0 Å². The van der Waals surface area contributed by atoms with E-state index in [9.17, 15) is 0 Å². The molecule has 0 aliphatic carbocycles. The van der Waals surface area contributed by atoms with Crippen LogP contribution in [-0.4, -0.2) is 15.0 Å². The van der Waals surface area contributed by atoms with Crippen molar-refractivity contribution in [3.8, 4) is 67.5 Å². The average molecular weight is 734 g/mol. The van der Waals surface area contributed by atoms with Gasteiger partial charge < -0.3 is 4.42 Å². The molecule has 0 saturated carbocycles. The highest BCUT2D eigenvalue weighted by Gasteiger charge is 2.20. The standard InChI is InChI=1S/C51H31N3OS/c1-3-15-32(16-4-1)38-25-13-27-42-46-43(28-14-30-45(46)56-48(38)42)51-53-49(33-17-5-2-6-18-33)52-50(54-51)41-23-8-7-21-36(41)34-19-11-20-35(31-34)37-24-12-26-40-39-22-9-10-29-44(39)55-47(37)40/h1-31H. The van der Waals surface area contributed by atoms with Crippen molar-refractivity contribution in [3.63, 3.8) is 0 Å². The Morgan fingerprint density at radius 1 is 0.357 bits per heavy atom. The largest absolute Gasteiger partial charge is 0.455 e. The molecule has 3 heterocycles. The normalized spacial score (nSPS) is 11.6. The Hall–Kier alpha value is -7.21. The van der Waals surface area contributed by atoms with E-state index in [-0.39, 0.29) is 0 Å². The van der Waals surface area contributed by atoms with E-state index in [2.05, 4.69) is 158 Å². The van der Waals surface area contributed by atoms with Crippen molar-refractivity contribution >= 4 is 53.4 Å². The van der Waals surface area contributed by atoms with Crippen molar-refractivity contribution in [1.29, 1.82) is 0 Å². The fraction of sp³-hybridized carbons (Fsp3) is 0. The summed E-state index contributed by atoms with van der Waals surface area (Å²) in [6.45, 7) is 0. The van der Waals surface area contributed by atoms with Gasteiger partial charge >= 0.3 is 0 Å². The molecule has 56 heavy (non-hydrogen) atoms. The van der Waals surface area contributed by atoms with Crippen LogP contribution in [0.4, 0.5) is 0 Å². The molecule has 3 aromatic heterocycles. The smallest absolute Gasteiger partial charge is 0.164 e. The van der Waals surface area contributed by atoms with Crippen LogP contribution in [0.25, 0.3) is 110 Å². The molecule has 4 nitrogen and oxygen atoms in total. The highest BCUT2D eigenvalue weighted by atomic mass is 32.1. The van der Waals surface area contributed by atoms with Crippen LogP contribution >= 0.6 is 11.3 Å². The van der Waals surface area contributed by atoms with E-state index in [4.69, 9.17) is 19.4 Å². The zero-order chi connectivity index (χ0) is 37.0. The second-order valence-corrected chi connectivity index (χ2v) is 15.0. The number of hydrogen-bond acceptors (Lipinski definition) is 5. The van der Waals surface area contributed by atoms with Crippen LogP contribution < -0.4 is 0 Å². The molecule has 5 heteroatoms. The van der Waals surface area contributed by atoms with E-state index in [1.54, 1.807) is 0 Å². The van der Waals surface area contributed by atoms with Crippen LogP contribution in [0.5, 0.6) is 0 Å². The third-order valence-corrected chi connectivity index (χ3v) is 11.8. The number of hydrogen-bond donors (Lipinski definition) is 0. The number of thiophene rings is 1. The summed E-state index contributed by atoms with van der Waals surface area (Å²) in [5, 5.41) is 4.58. The molecule has 262 valence electrons. The van der Waals surface area contributed by atoms with Crippen molar-refractivity contribution < 1.29 is 4.42 Å². The van der Waals surface area contributed by atoms with Crippen molar-refractivity contribution in [1.82, 2.24) is 15.0 Å². The van der Waals surface area contributed by atoms with Gasteiger partial charge in [-0.05, 0) is 46.0 Å². The van der Waals surface area contributed by atoms with Crippen LogP contribution in [0.1, 0.15) is 0 Å². The molecule has 0 radical (unpaired) electrons. The molecule has 11 aromatic rings. The zero-order valence-corrected chi connectivity index (χ0v) is 30.9. The van der Waals surface area contributed by atoms with Crippen molar-refractivity contribution in [2.45, 2.75) is 0 Å². The van der Waals surface area contributed by atoms with Crippen molar-refractivity contribution in [2.75, 3.05) is 0 Å². The molecule has 11 rings (SSSR count). The number of para-hydroxylation sites is 2. The minimum atomic E-state index is 0.621. The molecule has 0 aliphatic rings. The Balaban J connectivity index is 1.09. The van der Waals surface area contributed by atoms with E-state index in [1.807, 2.05) is 41.7 Å². The summed E-state index contributed by atoms with van der Waals surface area (Å²) >= 11 is 1.82. The summed E-state index contributed by atoms with van der Waals surface area (Å²) in [4.78, 5) is 15.7. The van der Waals surface area contributed by atoms with Gasteiger partial charge in [0.1, 0.15) is 11.2 Å². The van der Waals surface area contributed by atoms with Crippen LogP contribution in [0.3, 0.4) is 0 Å². The summed E-state index contributed by atoms with van der Waals surface area (Å²) in [5.41, 5.74) is 11.3. The van der Waals surface area contributed by atoms with Gasteiger partial charge in [-0.2, -0.15) is 0 Å². The van der Waals surface area contributed by atoms with Crippen LogP contribution in [-0.2, 0) is 0 Å². The summed E-state index contributed by atoms with van der Waals surface area (Å²) in [5.74, 6) is 1.90. The van der Waals surface area contributed by atoms with Gasteiger partial charge in [-0.15, -0.1) is 11.3 Å². The maximum atomic E-state index is 6.44. The molecule has 0 saturated heterocycles. The molecule has 0 bridgehead atoms. The molecular weight excluding hydrogens is 703 g/mol. The lowest BCUT2D eigenvalue weighted by Gasteiger charge is -2.13. The Kier molecular flexibility index (Phi) is 7.64. The second-order valence-electron chi connectivity index (χ2n) is 13.9. The highest BCUT2D eigenvalue weighted by molar-refractivity contribution is 7.26. The maximum Gasteiger partial charge on any atom is 0.164 e. The van der Waals surface area contributed by atoms with Gasteiger partial charge in [-0.25, -0.2) is 15.0 Å². The summed E-state index contributed by atoms with van der Waals surface area (Å²) in [6.07, 6.45) is 0. The number of nitrogens with zero attached hydrogens (tertiary/aromatic N) is 3. The lowest BCUT2D eigenvalue weighted by atomic mass is 9.95. The Labute approximate surface area is 327 Å². The number of rotatable bonds is 6.